The Morgan fingerprint density at radius 3 is 2.85 bits per heavy atom. The summed E-state index contributed by atoms with van der Waals surface area (Å²) in [5.74, 6) is 1.61. The van der Waals surface area contributed by atoms with E-state index in [0.29, 0.717) is 36.0 Å². The minimum atomic E-state index is -0.351. The van der Waals surface area contributed by atoms with Gasteiger partial charge in [0.2, 0.25) is 5.82 Å². The van der Waals surface area contributed by atoms with Crippen LogP contribution in [0.5, 0.6) is 0 Å². The van der Waals surface area contributed by atoms with Crippen molar-refractivity contribution >= 4 is 22.9 Å². The van der Waals surface area contributed by atoms with E-state index in [4.69, 9.17) is 8.83 Å². The molecule has 0 N–H and O–H groups in total. The lowest BCUT2D eigenvalue weighted by atomic mass is 10.3. The van der Waals surface area contributed by atoms with E-state index in [1.165, 1.54) is 11.8 Å². The fourth-order valence-corrected chi connectivity index (χ4v) is 3.60. The summed E-state index contributed by atoms with van der Waals surface area (Å²) in [6, 6.07) is 11.0. The average Bonchev–Trinajstić information content (AvgIpc) is 3.35. The summed E-state index contributed by atoms with van der Waals surface area (Å²) in [5, 5.41) is 9.22. The molecule has 0 saturated heterocycles. The fourth-order valence-electron chi connectivity index (χ4n) is 2.73. The number of oxazole rings is 1. The van der Waals surface area contributed by atoms with Crippen molar-refractivity contribution in [3.05, 3.63) is 65.9 Å². The topological polar surface area (TPSA) is 79.0 Å². The van der Waals surface area contributed by atoms with Gasteiger partial charge in [0.05, 0.1) is 11.8 Å². The minimum absolute atomic E-state index is 0.351. The van der Waals surface area contributed by atoms with Crippen molar-refractivity contribution in [1.82, 2.24) is 19.3 Å². The van der Waals surface area contributed by atoms with Crippen LogP contribution >= 0.6 is 11.8 Å². The zero-order chi connectivity index (χ0) is 17.9. The minimum Gasteiger partial charge on any atom is -0.461 e. The Labute approximate surface area is 152 Å². The molecule has 0 bridgehead atoms. The van der Waals surface area contributed by atoms with Gasteiger partial charge in [-0.1, -0.05) is 30.0 Å². The largest absolute Gasteiger partial charge is 0.461 e. The van der Waals surface area contributed by atoms with Gasteiger partial charge < -0.3 is 8.83 Å². The predicted molar refractivity (Wildman–Crippen MR) is 99.1 cm³/mol. The van der Waals surface area contributed by atoms with E-state index in [1.807, 2.05) is 34.9 Å². The Kier molecular flexibility index (Phi) is 4.49. The van der Waals surface area contributed by atoms with Gasteiger partial charge in [0.25, 0.3) is 0 Å². The quantitative estimate of drug-likeness (QED) is 0.367. The maximum Gasteiger partial charge on any atom is 0.419 e. The van der Waals surface area contributed by atoms with Gasteiger partial charge in [-0.25, -0.2) is 4.79 Å². The summed E-state index contributed by atoms with van der Waals surface area (Å²) in [7, 11) is 0. The second-order valence-corrected chi connectivity index (χ2v) is 6.58. The van der Waals surface area contributed by atoms with E-state index < -0.39 is 0 Å². The molecule has 0 atom stereocenters. The zero-order valence-electron chi connectivity index (χ0n) is 13.9. The van der Waals surface area contributed by atoms with E-state index in [-0.39, 0.29) is 5.76 Å². The van der Waals surface area contributed by atoms with Crippen molar-refractivity contribution in [2.24, 2.45) is 0 Å². The van der Waals surface area contributed by atoms with E-state index in [9.17, 15) is 4.79 Å². The summed E-state index contributed by atoms with van der Waals surface area (Å²) in [5.41, 5.74) is 1.39. The Balaban J connectivity index is 1.54. The average molecular weight is 368 g/mol. The summed E-state index contributed by atoms with van der Waals surface area (Å²) in [6.07, 6.45) is 3.39. The van der Waals surface area contributed by atoms with Crippen LogP contribution in [0.2, 0.25) is 0 Å². The SMILES string of the molecule is C=CCn1c(SCCn2c(=O)oc3ccccc32)nnc1-c1ccco1. The number of hydrogen-bond acceptors (Lipinski definition) is 6. The van der Waals surface area contributed by atoms with Crippen LogP contribution in [0.15, 0.2) is 74.1 Å². The van der Waals surface area contributed by atoms with Gasteiger partial charge in [0.1, 0.15) is 0 Å². The Morgan fingerprint density at radius 2 is 2.04 bits per heavy atom. The van der Waals surface area contributed by atoms with Crippen LogP contribution in [0, 0.1) is 0 Å². The molecule has 3 heterocycles. The number of furan rings is 1. The lowest BCUT2D eigenvalue weighted by Gasteiger charge is -2.06. The van der Waals surface area contributed by atoms with Crippen LogP contribution in [-0.4, -0.2) is 25.1 Å². The number of para-hydroxylation sites is 2. The second-order valence-electron chi connectivity index (χ2n) is 5.52. The van der Waals surface area contributed by atoms with Gasteiger partial charge in [-0.05, 0) is 24.3 Å². The molecule has 0 fully saturated rings. The second kappa shape index (κ2) is 7.09. The first kappa shape index (κ1) is 16.5. The van der Waals surface area contributed by atoms with Gasteiger partial charge in [0.15, 0.2) is 16.5 Å². The fraction of sp³-hybridized carbons (Fsp3) is 0.167. The molecule has 0 amide bonds. The highest BCUT2D eigenvalue weighted by Gasteiger charge is 2.16. The molecule has 26 heavy (non-hydrogen) atoms. The third-order valence-electron chi connectivity index (χ3n) is 3.89. The predicted octanol–water partition coefficient (Wildman–Crippen LogP) is 3.42. The van der Waals surface area contributed by atoms with E-state index in [2.05, 4.69) is 16.8 Å². The van der Waals surface area contributed by atoms with Crippen LogP contribution in [0.3, 0.4) is 0 Å². The summed E-state index contributed by atoms with van der Waals surface area (Å²) >= 11 is 1.52. The standard InChI is InChI=1S/C18H16N4O3S/c1-2-9-22-16(15-8-5-11-24-15)19-20-17(22)26-12-10-21-13-6-3-4-7-14(13)25-18(21)23/h2-8,11H,1,9-10,12H2. The molecule has 132 valence electrons. The molecule has 0 spiro atoms. The van der Waals surface area contributed by atoms with Gasteiger partial charge in [-0.3, -0.25) is 9.13 Å². The Hall–Kier alpha value is -3.00. The number of hydrogen-bond donors (Lipinski definition) is 0. The maximum absolute atomic E-state index is 12.0. The van der Waals surface area contributed by atoms with Crippen molar-refractivity contribution < 1.29 is 8.83 Å². The molecule has 0 unspecified atom stereocenters. The smallest absolute Gasteiger partial charge is 0.419 e. The van der Waals surface area contributed by atoms with Gasteiger partial charge in [-0.2, -0.15) is 0 Å². The lowest BCUT2D eigenvalue weighted by molar-refractivity contribution is 0.514. The first-order chi connectivity index (χ1) is 12.8. The molecule has 7 nitrogen and oxygen atoms in total. The monoisotopic (exact) mass is 368 g/mol. The molecular weight excluding hydrogens is 352 g/mol. The summed E-state index contributed by atoms with van der Waals surface area (Å²) < 4.78 is 14.2. The van der Waals surface area contributed by atoms with E-state index in [1.54, 1.807) is 23.0 Å². The highest BCUT2D eigenvalue weighted by atomic mass is 32.2. The zero-order valence-corrected chi connectivity index (χ0v) is 14.7. The van der Waals surface area contributed by atoms with Crippen molar-refractivity contribution in [2.75, 3.05) is 5.75 Å². The highest BCUT2D eigenvalue weighted by Crippen LogP contribution is 2.24. The summed E-state index contributed by atoms with van der Waals surface area (Å²) in [6.45, 7) is 4.87. The van der Waals surface area contributed by atoms with Crippen molar-refractivity contribution in [2.45, 2.75) is 18.2 Å². The third kappa shape index (κ3) is 2.99. The lowest BCUT2D eigenvalue weighted by Crippen LogP contribution is -2.15. The van der Waals surface area contributed by atoms with Crippen LogP contribution in [0.4, 0.5) is 0 Å². The van der Waals surface area contributed by atoms with Crippen LogP contribution in [0.1, 0.15) is 0 Å². The number of benzene rings is 1. The van der Waals surface area contributed by atoms with E-state index in [0.717, 1.165) is 10.7 Å². The number of allylic oxidation sites excluding steroid dienone is 1. The van der Waals surface area contributed by atoms with Gasteiger partial charge in [-0.15, -0.1) is 16.8 Å². The maximum atomic E-state index is 12.0. The normalized spacial score (nSPS) is 11.2. The number of aryl methyl sites for hydroxylation is 1. The molecule has 0 aliphatic carbocycles. The van der Waals surface area contributed by atoms with Gasteiger partial charge in [0, 0.05) is 18.8 Å². The van der Waals surface area contributed by atoms with Crippen LogP contribution in [0.25, 0.3) is 22.7 Å². The third-order valence-corrected chi connectivity index (χ3v) is 4.84. The molecule has 0 aliphatic heterocycles. The van der Waals surface area contributed by atoms with Crippen molar-refractivity contribution in [1.29, 1.82) is 0 Å². The van der Waals surface area contributed by atoms with Crippen molar-refractivity contribution in [3.8, 4) is 11.6 Å². The van der Waals surface area contributed by atoms with Gasteiger partial charge >= 0.3 is 5.76 Å². The number of nitrogens with zero attached hydrogens (tertiary/aromatic N) is 4. The van der Waals surface area contributed by atoms with Crippen molar-refractivity contribution in [3.63, 3.8) is 0 Å². The first-order valence-electron chi connectivity index (χ1n) is 8.07. The molecule has 4 rings (SSSR count). The number of fused-ring (bicyclic) bond motifs is 1. The number of rotatable bonds is 7. The summed E-state index contributed by atoms with van der Waals surface area (Å²) in [4.78, 5) is 12.0. The molecule has 8 heteroatoms. The molecule has 3 aromatic heterocycles. The first-order valence-corrected chi connectivity index (χ1v) is 9.05. The number of thioether (sulfide) groups is 1. The van der Waals surface area contributed by atoms with Crippen LogP contribution < -0.4 is 5.76 Å². The Bertz CT molecular complexity index is 1090. The van der Waals surface area contributed by atoms with E-state index >= 15 is 0 Å². The number of aromatic nitrogens is 4. The molecule has 4 aromatic rings. The Morgan fingerprint density at radius 1 is 1.15 bits per heavy atom. The molecule has 1 aromatic carbocycles. The van der Waals surface area contributed by atoms with Crippen LogP contribution in [-0.2, 0) is 13.1 Å². The molecule has 0 radical (unpaired) electrons. The molecular formula is C18H16N4O3S. The molecule has 0 aliphatic rings. The highest BCUT2D eigenvalue weighted by molar-refractivity contribution is 7.99. The molecule has 0 saturated carbocycles.